The first-order valence-electron chi connectivity index (χ1n) is 5.32. The Balaban J connectivity index is 2.36. The second kappa shape index (κ2) is 6.43. The average molecular weight is 208 g/mol. The Morgan fingerprint density at radius 2 is 2.13 bits per heavy atom. The number of hydrogen-bond acceptors (Lipinski definition) is 3. The van der Waals surface area contributed by atoms with Crippen LogP contribution in [-0.4, -0.2) is 26.2 Å². The van der Waals surface area contributed by atoms with Crippen molar-refractivity contribution in [1.82, 2.24) is 5.32 Å². The molecule has 0 aromatic heterocycles. The predicted molar refractivity (Wildman–Crippen MR) is 63.2 cm³/mol. The predicted octanol–water partition coefficient (Wildman–Crippen LogP) is 1.17. The van der Waals surface area contributed by atoms with Crippen molar-refractivity contribution in [2.24, 2.45) is 5.73 Å². The number of methoxy groups -OCH3 is 1. The van der Waals surface area contributed by atoms with Gasteiger partial charge in [-0.05, 0) is 31.5 Å². The van der Waals surface area contributed by atoms with Crippen LogP contribution in [0.1, 0.15) is 12.5 Å². The number of nitrogens with one attached hydrogen (secondary N) is 1. The number of ether oxygens (including phenoxy) is 1. The van der Waals surface area contributed by atoms with Crippen molar-refractivity contribution in [2.45, 2.75) is 19.4 Å². The zero-order valence-electron chi connectivity index (χ0n) is 9.49. The highest BCUT2D eigenvalue weighted by atomic mass is 16.5. The Hall–Kier alpha value is -1.06. The van der Waals surface area contributed by atoms with E-state index in [1.807, 2.05) is 25.1 Å². The van der Waals surface area contributed by atoms with Gasteiger partial charge in [0.05, 0.1) is 7.11 Å². The van der Waals surface area contributed by atoms with Gasteiger partial charge in [-0.1, -0.05) is 18.2 Å². The zero-order chi connectivity index (χ0) is 11.1. The van der Waals surface area contributed by atoms with Gasteiger partial charge in [-0.25, -0.2) is 0 Å². The lowest BCUT2D eigenvalue weighted by molar-refractivity contribution is 0.409. The second-order valence-electron chi connectivity index (χ2n) is 3.74. The maximum atomic E-state index is 5.64. The van der Waals surface area contributed by atoms with Gasteiger partial charge in [0.1, 0.15) is 5.75 Å². The summed E-state index contributed by atoms with van der Waals surface area (Å²) in [5.41, 5.74) is 6.87. The van der Waals surface area contributed by atoms with E-state index >= 15 is 0 Å². The molecule has 3 nitrogen and oxygen atoms in total. The lowest BCUT2D eigenvalue weighted by Gasteiger charge is -2.10. The van der Waals surface area contributed by atoms with Crippen molar-refractivity contribution >= 4 is 0 Å². The summed E-state index contributed by atoms with van der Waals surface area (Å²) in [6.45, 7) is 3.78. The van der Waals surface area contributed by atoms with Gasteiger partial charge in [0.2, 0.25) is 0 Å². The lowest BCUT2D eigenvalue weighted by Crippen LogP contribution is -2.32. The van der Waals surface area contributed by atoms with E-state index < -0.39 is 0 Å². The van der Waals surface area contributed by atoms with E-state index in [2.05, 4.69) is 11.4 Å². The Kier molecular flexibility index (Phi) is 5.15. The fraction of sp³-hybridized carbons (Fsp3) is 0.500. The van der Waals surface area contributed by atoms with E-state index in [0.29, 0.717) is 0 Å². The largest absolute Gasteiger partial charge is 0.496 e. The molecule has 0 aliphatic carbocycles. The summed E-state index contributed by atoms with van der Waals surface area (Å²) in [5, 5.41) is 3.30. The fourth-order valence-corrected chi connectivity index (χ4v) is 1.46. The molecule has 1 atom stereocenters. The molecular weight excluding hydrogens is 188 g/mol. The van der Waals surface area contributed by atoms with Crippen LogP contribution < -0.4 is 15.8 Å². The van der Waals surface area contributed by atoms with Gasteiger partial charge in [0, 0.05) is 12.6 Å². The summed E-state index contributed by atoms with van der Waals surface area (Å²) >= 11 is 0. The molecule has 1 unspecified atom stereocenters. The van der Waals surface area contributed by atoms with Crippen molar-refractivity contribution in [2.75, 3.05) is 20.2 Å². The molecule has 3 N–H and O–H groups in total. The van der Waals surface area contributed by atoms with Crippen LogP contribution in [-0.2, 0) is 6.42 Å². The highest BCUT2D eigenvalue weighted by Crippen LogP contribution is 2.16. The van der Waals surface area contributed by atoms with Crippen LogP contribution >= 0.6 is 0 Å². The van der Waals surface area contributed by atoms with Gasteiger partial charge in [-0.15, -0.1) is 0 Å². The van der Waals surface area contributed by atoms with Crippen LogP contribution in [0.5, 0.6) is 5.75 Å². The van der Waals surface area contributed by atoms with Gasteiger partial charge in [0.25, 0.3) is 0 Å². The van der Waals surface area contributed by atoms with Crippen molar-refractivity contribution in [3.8, 4) is 5.75 Å². The number of nitrogens with two attached hydrogens (primary N) is 1. The summed E-state index contributed by atoms with van der Waals surface area (Å²) in [5.74, 6) is 0.958. The molecule has 0 bridgehead atoms. The van der Waals surface area contributed by atoms with Crippen LogP contribution in [0.2, 0.25) is 0 Å². The Morgan fingerprint density at radius 3 is 2.80 bits per heavy atom. The Morgan fingerprint density at radius 1 is 1.40 bits per heavy atom. The lowest BCUT2D eigenvalue weighted by atomic mass is 10.1. The minimum Gasteiger partial charge on any atom is -0.496 e. The summed E-state index contributed by atoms with van der Waals surface area (Å²) in [4.78, 5) is 0. The van der Waals surface area contributed by atoms with Crippen molar-refractivity contribution < 1.29 is 4.74 Å². The first-order chi connectivity index (χ1) is 7.24. The zero-order valence-corrected chi connectivity index (χ0v) is 9.49. The van der Waals surface area contributed by atoms with Crippen LogP contribution in [0.25, 0.3) is 0 Å². The number of benzene rings is 1. The molecule has 0 amide bonds. The number of rotatable bonds is 6. The van der Waals surface area contributed by atoms with E-state index in [0.717, 1.165) is 25.3 Å². The smallest absolute Gasteiger partial charge is 0.122 e. The molecule has 0 heterocycles. The molecule has 1 aromatic rings. The normalized spacial score (nSPS) is 12.5. The molecular formula is C12H20N2O. The van der Waals surface area contributed by atoms with Crippen LogP contribution in [0.3, 0.4) is 0 Å². The van der Waals surface area contributed by atoms with Gasteiger partial charge >= 0.3 is 0 Å². The molecule has 0 saturated carbocycles. The third kappa shape index (κ3) is 4.32. The standard InChI is InChI=1S/C12H20N2O/c1-10(13)9-14-8-7-11-5-3-4-6-12(11)15-2/h3-6,10,14H,7-9,13H2,1-2H3. The van der Waals surface area contributed by atoms with Gasteiger partial charge in [-0.3, -0.25) is 0 Å². The van der Waals surface area contributed by atoms with Crippen molar-refractivity contribution in [3.63, 3.8) is 0 Å². The summed E-state index contributed by atoms with van der Waals surface area (Å²) in [6, 6.07) is 8.30. The van der Waals surface area contributed by atoms with Crippen LogP contribution in [0, 0.1) is 0 Å². The fourth-order valence-electron chi connectivity index (χ4n) is 1.46. The number of para-hydroxylation sites is 1. The second-order valence-corrected chi connectivity index (χ2v) is 3.74. The monoisotopic (exact) mass is 208 g/mol. The molecule has 0 aliphatic heterocycles. The molecule has 0 saturated heterocycles. The van der Waals surface area contributed by atoms with E-state index in [4.69, 9.17) is 10.5 Å². The van der Waals surface area contributed by atoms with Crippen molar-refractivity contribution in [1.29, 1.82) is 0 Å². The maximum absolute atomic E-state index is 5.64. The Labute approximate surface area is 91.6 Å². The first kappa shape index (κ1) is 12.0. The third-order valence-corrected chi connectivity index (χ3v) is 2.23. The first-order valence-corrected chi connectivity index (χ1v) is 5.32. The van der Waals surface area contributed by atoms with Crippen LogP contribution in [0.4, 0.5) is 0 Å². The molecule has 84 valence electrons. The minimum absolute atomic E-state index is 0.211. The highest BCUT2D eigenvalue weighted by Gasteiger charge is 2.00. The van der Waals surface area contributed by atoms with Crippen molar-refractivity contribution in [3.05, 3.63) is 29.8 Å². The van der Waals surface area contributed by atoms with E-state index in [9.17, 15) is 0 Å². The molecule has 15 heavy (non-hydrogen) atoms. The molecule has 1 rings (SSSR count). The molecule has 1 aromatic carbocycles. The highest BCUT2D eigenvalue weighted by molar-refractivity contribution is 5.33. The Bertz CT molecular complexity index is 287. The summed E-state index contributed by atoms with van der Waals surface area (Å²) in [7, 11) is 1.70. The SMILES string of the molecule is COc1ccccc1CCNCC(C)N. The summed E-state index contributed by atoms with van der Waals surface area (Å²) < 4.78 is 5.27. The third-order valence-electron chi connectivity index (χ3n) is 2.23. The molecule has 0 fully saturated rings. The van der Waals surface area contributed by atoms with E-state index in [1.165, 1.54) is 5.56 Å². The molecule has 0 aliphatic rings. The maximum Gasteiger partial charge on any atom is 0.122 e. The van der Waals surface area contributed by atoms with Crippen LogP contribution in [0.15, 0.2) is 24.3 Å². The summed E-state index contributed by atoms with van der Waals surface area (Å²) in [6.07, 6.45) is 0.969. The molecule has 3 heteroatoms. The van der Waals surface area contributed by atoms with E-state index in [1.54, 1.807) is 7.11 Å². The van der Waals surface area contributed by atoms with Gasteiger partial charge in [-0.2, -0.15) is 0 Å². The topological polar surface area (TPSA) is 47.3 Å². The quantitative estimate of drug-likeness (QED) is 0.690. The van der Waals surface area contributed by atoms with E-state index in [-0.39, 0.29) is 6.04 Å². The van der Waals surface area contributed by atoms with Gasteiger partial charge < -0.3 is 15.8 Å². The number of hydrogen-bond donors (Lipinski definition) is 2. The molecule has 0 radical (unpaired) electrons. The average Bonchev–Trinajstić information content (AvgIpc) is 2.24. The van der Waals surface area contributed by atoms with Gasteiger partial charge in [0.15, 0.2) is 0 Å². The molecule has 0 spiro atoms. The minimum atomic E-state index is 0.211.